The maximum atomic E-state index is 12.2. The van der Waals surface area contributed by atoms with Crippen LogP contribution in [0.4, 0.5) is 0 Å². The lowest BCUT2D eigenvalue weighted by Gasteiger charge is -2.29. The Labute approximate surface area is 108 Å². The van der Waals surface area contributed by atoms with Gasteiger partial charge in [0.25, 0.3) is 5.91 Å². The smallest absolute Gasteiger partial charge is 0.254 e. The van der Waals surface area contributed by atoms with Crippen molar-refractivity contribution in [2.75, 3.05) is 6.61 Å². The summed E-state index contributed by atoms with van der Waals surface area (Å²) in [5.74, 6) is -0.0472. The first-order valence-electron chi connectivity index (χ1n) is 6.38. The minimum atomic E-state index is -0.628. The Morgan fingerprint density at radius 2 is 1.89 bits per heavy atom. The molecule has 18 heavy (non-hydrogen) atoms. The average molecular weight is 245 g/mol. The summed E-state index contributed by atoms with van der Waals surface area (Å²) in [6, 6.07) is 9.74. The molecule has 0 aliphatic carbocycles. The fourth-order valence-corrected chi connectivity index (χ4v) is 2.51. The van der Waals surface area contributed by atoms with Gasteiger partial charge in [-0.2, -0.15) is 0 Å². The highest BCUT2D eigenvalue weighted by atomic mass is 16.5. The zero-order valence-electron chi connectivity index (χ0n) is 11.1. The van der Waals surface area contributed by atoms with Crippen LogP contribution in [0.15, 0.2) is 35.9 Å². The Kier molecular flexibility index (Phi) is 3.53. The molecular weight excluding hydrogens is 226 g/mol. The molecule has 0 saturated heterocycles. The van der Waals surface area contributed by atoms with Crippen molar-refractivity contribution in [2.45, 2.75) is 32.9 Å². The summed E-state index contributed by atoms with van der Waals surface area (Å²) in [5.41, 5.74) is 2.04. The number of rotatable bonds is 4. The quantitative estimate of drug-likeness (QED) is 0.885. The first-order chi connectivity index (χ1) is 8.64. The minimum absolute atomic E-state index is 0.0472. The van der Waals surface area contributed by atoms with E-state index < -0.39 is 5.72 Å². The third-order valence-electron chi connectivity index (χ3n) is 3.47. The highest BCUT2D eigenvalue weighted by molar-refractivity contribution is 6.23. The molecule has 1 atom stereocenters. The lowest BCUT2D eigenvalue weighted by atomic mass is 9.96. The van der Waals surface area contributed by atoms with Crippen molar-refractivity contribution >= 4 is 11.5 Å². The Bertz CT molecular complexity index is 479. The van der Waals surface area contributed by atoms with Gasteiger partial charge in [0.05, 0.1) is 5.57 Å². The summed E-state index contributed by atoms with van der Waals surface area (Å²) in [6.45, 7) is 6.51. The summed E-state index contributed by atoms with van der Waals surface area (Å²) < 4.78 is 5.78. The van der Waals surface area contributed by atoms with E-state index >= 15 is 0 Å². The van der Waals surface area contributed by atoms with Gasteiger partial charge in [-0.25, -0.2) is 0 Å². The highest BCUT2D eigenvalue weighted by Gasteiger charge is 2.42. The summed E-state index contributed by atoms with van der Waals surface area (Å²) in [4.78, 5) is 12.2. The van der Waals surface area contributed by atoms with Gasteiger partial charge < -0.3 is 10.1 Å². The van der Waals surface area contributed by atoms with Crippen LogP contribution in [-0.4, -0.2) is 18.2 Å². The Balaban J connectivity index is 2.49. The molecule has 1 heterocycles. The average Bonchev–Trinajstić information content (AvgIpc) is 2.63. The van der Waals surface area contributed by atoms with E-state index in [-0.39, 0.29) is 5.91 Å². The first-order valence-corrected chi connectivity index (χ1v) is 6.38. The molecule has 0 radical (unpaired) electrons. The van der Waals surface area contributed by atoms with Crippen LogP contribution in [0.5, 0.6) is 0 Å². The molecule has 0 aromatic heterocycles. The number of hydrogen-bond acceptors (Lipinski definition) is 2. The van der Waals surface area contributed by atoms with Crippen LogP contribution in [-0.2, 0) is 9.53 Å². The molecular formula is C15H19NO2. The van der Waals surface area contributed by atoms with Crippen LogP contribution >= 0.6 is 0 Å². The monoisotopic (exact) mass is 245 g/mol. The van der Waals surface area contributed by atoms with Crippen molar-refractivity contribution in [1.29, 1.82) is 0 Å². The Morgan fingerprint density at radius 1 is 1.22 bits per heavy atom. The SMILES string of the molecule is CCOC1(CC)NC(=O)C(c2ccccc2)=C1C. The molecule has 0 spiro atoms. The van der Waals surface area contributed by atoms with Crippen molar-refractivity contribution in [3.05, 3.63) is 41.5 Å². The van der Waals surface area contributed by atoms with Crippen LogP contribution in [0.3, 0.4) is 0 Å². The van der Waals surface area contributed by atoms with Crippen molar-refractivity contribution in [3.63, 3.8) is 0 Å². The van der Waals surface area contributed by atoms with Crippen LogP contribution in [0.1, 0.15) is 32.8 Å². The van der Waals surface area contributed by atoms with E-state index in [2.05, 4.69) is 5.32 Å². The fraction of sp³-hybridized carbons (Fsp3) is 0.400. The molecule has 1 unspecified atom stereocenters. The van der Waals surface area contributed by atoms with E-state index in [0.717, 1.165) is 23.1 Å². The van der Waals surface area contributed by atoms with Gasteiger partial charge in [0.1, 0.15) is 0 Å². The Morgan fingerprint density at radius 3 is 2.44 bits per heavy atom. The topological polar surface area (TPSA) is 38.3 Å². The standard InChI is InChI=1S/C15H19NO2/c1-4-15(18-5-2)11(3)13(14(17)16-15)12-9-7-6-8-10-12/h6-10H,4-5H2,1-3H3,(H,16,17). The number of nitrogens with one attached hydrogen (secondary N) is 1. The van der Waals surface area contributed by atoms with Crippen LogP contribution in [0.25, 0.3) is 5.57 Å². The van der Waals surface area contributed by atoms with Gasteiger partial charge in [-0.1, -0.05) is 37.3 Å². The summed E-state index contributed by atoms with van der Waals surface area (Å²) in [7, 11) is 0. The minimum Gasteiger partial charge on any atom is -0.352 e. The molecule has 0 saturated carbocycles. The molecule has 3 heteroatoms. The van der Waals surface area contributed by atoms with E-state index in [4.69, 9.17) is 4.74 Å². The second-order valence-corrected chi connectivity index (χ2v) is 4.43. The first kappa shape index (κ1) is 12.8. The highest BCUT2D eigenvalue weighted by Crippen LogP contribution is 2.35. The predicted octanol–water partition coefficient (Wildman–Crippen LogP) is 2.73. The van der Waals surface area contributed by atoms with E-state index in [9.17, 15) is 4.79 Å². The predicted molar refractivity (Wildman–Crippen MR) is 71.8 cm³/mol. The molecule has 1 aliphatic heterocycles. The molecule has 1 aromatic carbocycles. The third-order valence-corrected chi connectivity index (χ3v) is 3.47. The van der Waals surface area contributed by atoms with Gasteiger partial charge >= 0.3 is 0 Å². The van der Waals surface area contributed by atoms with Crippen LogP contribution in [0, 0.1) is 0 Å². The molecule has 1 N–H and O–H groups in total. The lowest BCUT2D eigenvalue weighted by molar-refractivity contribution is -0.122. The molecule has 1 amide bonds. The molecule has 3 nitrogen and oxygen atoms in total. The third kappa shape index (κ3) is 1.95. The second kappa shape index (κ2) is 4.94. The maximum absolute atomic E-state index is 12.2. The van der Waals surface area contributed by atoms with E-state index in [1.165, 1.54) is 0 Å². The molecule has 0 bridgehead atoms. The zero-order chi connectivity index (χ0) is 13.2. The number of benzene rings is 1. The largest absolute Gasteiger partial charge is 0.352 e. The number of ether oxygens (including phenoxy) is 1. The van der Waals surface area contributed by atoms with Gasteiger partial charge in [0.2, 0.25) is 0 Å². The van der Waals surface area contributed by atoms with Crippen molar-refractivity contribution in [2.24, 2.45) is 0 Å². The normalized spacial score (nSPS) is 23.4. The lowest BCUT2D eigenvalue weighted by Crippen LogP contribution is -2.46. The molecule has 1 aliphatic rings. The summed E-state index contributed by atoms with van der Waals surface area (Å²) >= 11 is 0. The fourth-order valence-electron chi connectivity index (χ4n) is 2.51. The number of amides is 1. The molecule has 1 aromatic rings. The number of hydrogen-bond donors (Lipinski definition) is 1. The van der Waals surface area contributed by atoms with Gasteiger partial charge in [-0.3, -0.25) is 4.79 Å². The number of carbonyl (C=O) groups is 1. The number of carbonyl (C=O) groups excluding carboxylic acids is 1. The summed E-state index contributed by atoms with van der Waals surface area (Å²) in [6.07, 6.45) is 0.731. The Hall–Kier alpha value is -1.61. The van der Waals surface area contributed by atoms with Gasteiger partial charge in [-0.05, 0) is 31.4 Å². The van der Waals surface area contributed by atoms with Gasteiger partial charge in [-0.15, -0.1) is 0 Å². The molecule has 2 rings (SSSR count). The zero-order valence-corrected chi connectivity index (χ0v) is 11.1. The van der Waals surface area contributed by atoms with Gasteiger partial charge in [0.15, 0.2) is 5.72 Å². The molecule has 96 valence electrons. The van der Waals surface area contributed by atoms with Crippen molar-refractivity contribution < 1.29 is 9.53 Å². The van der Waals surface area contributed by atoms with E-state index in [1.807, 2.05) is 51.1 Å². The van der Waals surface area contributed by atoms with Crippen molar-refractivity contribution in [3.8, 4) is 0 Å². The van der Waals surface area contributed by atoms with E-state index in [0.29, 0.717) is 6.61 Å². The van der Waals surface area contributed by atoms with Crippen molar-refractivity contribution in [1.82, 2.24) is 5.32 Å². The van der Waals surface area contributed by atoms with Crippen LogP contribution in [0.2, 0.25) is 0 Å². The molecule has 0 fully saturated rings. The van der Waals surface area contributed by atoms with Crippen LogP contribution < -0.4 is 5.32 Å². The second-order valence-electron chi connectivity index (χ2n) is 4.43. The van der Waals surface area contributed by atoms with E-state index in [1.54, 1.807) is 0 Å². The summed E-state index contributed by atoms with van der Waals surface area (Å²) in [5, 5.41) is 2.98. The maximum Gasteiger partial charge on any atom is 0.254 e. The van der Waals surface area contributed by atoms with Gasteiger partial charge in [0, 0.05) is 6.61 Å².